The molecule has 1 aliphatic rings. The van der Waals surface area contributed by atoms with Crippen LogP contribution in [-0.2, 0) is 30.4 Å². The maximum absolute atomic E-state index is 13.2. The molecule has 186 valence electrons. The fourth-order valence-electron chi connectivity index (χ4n) is 3.30. The van der Waals surface area contributed by atoms with Crippen LogP contribution in [0.5, 0.6) is 0 Å². The Morgan fingerprint density at radius 1 is 1.26 bits per heavy atom. The van der Waals surface area contributed by atoms with E-state index in [1.165, 1.54) is 0 Å². The molecule has 0 aromatic carbocycles. The van der Waals surface area contributed by atoms with Crippen LogP contribution in [-0.4, -0.2) is 103 Å². The number of aliphatic hydroxyl groups is 2. The first-order valence-electron chi connectivity index (χ1n) is 10.2. The Hall–Kier alpha value is -3.47. The zero-order valence-corrected chi connectivity index (χ0v) is 18.7. The van der Waals surface area contributed by atoms with Gasteiger partial charge in [0, 0.05) is 19.9 Å². The summed E-state index contributed by atoms with van der Waals surface area (Å²) in [5.74, 6) is -1.94. The molecule has 16 nitrogen and oxygen atoms in total. The predicted octanol–water partition coefficient (Wildman–Crippen LogP) is -3.45. The number of hydrogen-bond acceptors (Lipinski definition) is 12. The highest BCUT2D eigenvalue weighted by molar-refractivity contribution is 5.98. The van der Waals surface area contributed by atoms with Crippen molar-refractivity contribution in [2.75, 3.05) is 32.6 Å². The van der Waals surface area contributed by atoms with Crippen LogP contribution in [0.2, 0.25) is 0 Å². The summed E-state index contributed by atoms with van der Waals surface area (Å²) < 4.78 is 11.9. The van der Waals surface area contributed by atoms with Crippen LogP contribution < -0.4 is 16.6 Å². The van der Waals surface area contributed by atoms with E-state index in [0.717, 1.165) is 11.6 Å². The summed E-state index contributed by atoms with van der Waals surface area (Å²) in [6.07, 6.45) is -5.57. The van der Waals surface area contributed by atoms with E-state index in [-0.39, 0.29) is 29.9 Å². The smallest absolute Gasteiger partial charge is 0.302 e. The highest BCUT2D eigenvalue weighted by atomic mass is 16.6. The number of nitrogens with zero attached hydrogens (tertiary/aromatic N) is 6. The number of esters is 1. The summed E-state index contributed by atoms with van der Waals surface area (Å²) in [4.78, 5) is 49.8. The third-order valence-corrected chi connectivity index (χ3v) is 4.96. The molecule has 3 heterocycles. The minimum absolute atomic E-state index is 0.0996. The predicted molar refractivity (Wildman–Crippen MR) is 113 cm³/mol. The number of nitrogens with two attached hydrogens (primary N) is 1. The number of carbonyl (C=O) groups is 3. The number of rotatable bonds is 9. The zero-order valence-electron chi connectivity index (χ0n) is 18.7. The summed E-state index contributed by atoms with van der Waals surface area (Å²) in [7, 11) is 3.59. The van der Waals surface area contributed by atoms with Crippen molar-refractivity contribution in [2.24, 2.45) is 5.73 Å². The Morgan fingerprint density at radius 2 is 1.97 bits per heavy atom. The van der Waals surface area contributed by atoms with E-state index in [1.807, 2.05) is 0 Å². The summed E-state index contributed by atoms with van der Waals surface area (Å²) in [5, 5.41) is 34.9. The lowest BCUT2D eigenvalue weighted by atomic mass is 10.1. The average Bonchev–Trinajstić information content (AvgIpc) is 3.22. The second kappa shape index (κ2) is 10.2. The lowest BCUT2D eigenvalue weighted by Crippen LogP contribution is -2.37. The third-order valence-electron chi connectivity index (χ3n) is 4.96. The van der Waals surface area contributed by atoms with E-state index in [0.29, 0.717) is 11.2 Å². The summed E-state index contributed by atoms with van der Waals surface area (Å²) >= 11 is 0. The van der Waals surface area contributed by atoms with Crippen LogP contribution in [0.3, 0.4) is 0 Å². The molecule has 16 heteroatoms. The number of aliphatic hydroxyl groups excluding tert-OH is 2. The zero-order chi connectivity index (χ0) is 25.2. The number of primary amides is 1. The Kier molecular flexibility index (Phi) is 7.55. The number of nitrogens with one attached hydrogen (secondary N) is 1. The molecule has 1 fully saturated rings. The summed E-state index contributed by atoms with van der Waals surface area (Å²) in [6.45, 7) is 0.752. The van der Waals surface area contributed by atoms with Crippen LogP contribution in [0.15, 0.2) is 4.79 Å². The van der Waals surface area contributed by atoms with Gasteiger partial charge >= 0.3 is 5.97 Å². The largest absolute Gasteiger partial charge is 0.463 e. The molecular weight excluding hydrogens is 456 g/mol. The lowest BCUT2D eigenvalue weighted by molar-refractivity contribution is -0.147. The fraction of sp³-hybridized carbons (Fsp3) is 0.611. The van der Waals surface area contributed by atoms with Gasteiger partial charge in [0.25, 0.3) is 5.56 Å². The molecule has 0 radical (unpaired) electrons. The normalized spacial score (nSPS) is 22.3. The molecule has 0 aliphatic carbocycles. The number of fused-ring (bicyclic) bond motifs is 1. The standard InChI is InChI=1S/C18H26N8O8/c1-8(27)33-7-9-14(30)15(31)18(34-9)26-17(32)13-12(21-23-26)16(22-25(13)6-10(19)28)20-11(29)4-5-24(2)3/h9,14-15,18,30-31H,4-7H2,1-3H3,(H2,19,28)(H,20,22,29). The van der Waals surface area contributed by atoms with Gasteiger partial charge in [0.15, 0.2) is 23.1 Å². The number of ether oxygens (including phenoxy) is 2. The van der Waals surface area contributed by atoms with E-state index in [1.54, 1.807) is 19.0 Å². The van der Waals surface area contributed by atoms with E-state index in [2.05, 4.69) is 20.7 Å². The highest BCUT2D eigenvalue weighted by Gasteiger charge is 2.45. The quantitative estimate of drug-likeness (QED) is 0.256. The Balaban J connectivity index is 1.97. The maximum atomic E-state index is 13.2. The van der Waals surface area contributed by atoms with Gasteiger partial charge < -0.3 is 35.6 Å². The van der Waals surface area contributed by atoms with Gasteiger partial charge in [-0.05, 0) is 14.1 Å². The molecular formula is C18H26N8O8. The van der Waals surface area contributed by atoms with Crippen molar-refractivity contribution in [3.63, 3.8) is 0 Å². The molecule has 3 rings (SSSR count). The van der Waals surface area contributed by atoms with Gasteiger partial charge in [0.2, 0.25) is 11.8 Å². The molecule has 2 aromatic rings. The van der Waals surface area contributed by atoms with Crippen molar-refractivity contribution in [3.8, 4) is 0 Å². The van der Waals surface area contributed by atoms with E-state index < -0.39 is 54.4 Å². The van der Waals surface area contributed by atoms with Gasteiger partial charge in [-0.3, -0.25) is 19.2 Å². The molecule has 5 N–H and O–H groups in total. The van der Waals surface area contributed by atoms with Crippen molar-refractivity contribution in [3.05, 3.63) is 10.4 Å². The Morgan fingerprint density at radius 3 is 2.59 bits per heavy atom. The van der Waals surface area contributed by atoms with Crippen molar-refractivity contribution < 1.29 is 34.1 Å². The minimum atomic E-state index is -1.61. The lowest BCUT2D eigenvalue weighted by Gasteiger charge is -2.15. The summed E-state index contributed by atoms with van der Waals surface area (Å²) in [6, 6.07) is 0. The number of anilines is 1. The van der Waals surface area contributed by atoms with Crippen LogP contribution >= 0.6 is 0 Å². The molecule has 34 heavy (non-hydrogen) atoms. The molecule has 4 atom stereocenters. The van der Waals surface area contributed by atoms with Crippen LogP contribution in [0.1, 0.15) is 19.6 Å². The second-order valence-corrected chi connectivity index (χ2v) is 7.96. The van der Waals surface area contributed by atoms with E-state index in [4.69, 9.17) is 15.2 Å². The van der Waals surface area contributed by atoms with E-state index in [9.17, 15) is 29.4 Å². The second-order valence-electron chi connectivity index (χ2n) is 7.96. The molecule has 4 unspecified atom stereocenters. The van der Waals surface area contributed by atoms with Gasteiger partial charge in [-0.2, -0.15) is 9.78 Å². The molecule has 2 aromatic heterocycles. The monoisotopic (exact) mass is 482 g/mol. The van der Waals surface area contributed by atoms with Gasteiger partial charge in [-0.25, -0.2) is 4.68 Å². The fourth-order valence-corrected chi connectivity index (χ4v) is 3.30. The maximum Gasteiger partial charge on any atom is 0.302 e. The number of amides is 2. The highest BCUT2D eigenvalue weighted by Crippen LogP contribution is 2.28. The van der Waals surface area contributed by atoms with Crippen molar-refractivity contribution in [1.82, 2.24) is 29.7 Å². The molecule has 2 amide bonds. The SMILES string of the molecule is CC(=O)OCC1OC(n2nnc3c(NC(=O)CCN(C)C)nn(CC(N)=O)c3c2=O)C(O)C1O. The van der Waals surface area contributed by atoms with Gasteiger partial charge in [0.1, 0.15) is 31.5 Å². The molecule has 0 saturated carbocycles. The van der Waals surface area contributed by atoms with Gasteiger partial charge in [-0.15, -0.1) is 5.10 Å². The van der Waals surface area contributed by atoms with Crippen LogP contribution in [0.25, 0.3) is 11.0 Å². The van der Waals surface area contributed by atoms with Crippen molar-refractivity contribution in [2.45, 2.75) is 44.4 Å². The van der Waals surface area contributed by atoms with Crippen molar-refractivity contribution in [1.29, 1.82) is 0 Å². The molecule has 1 aliphatic heterocycles. The summed E-state index contributed by atoms with van der Waals surface area (Å²) in [5.41, 5.74) is 4.04. The van der Waals surface area contributed by atoms with Crippen molar-refractivity contribution >= 4 is 34.6 Å². The first kappa shape index (κ1) is 25.2. The molecule has 1 saturated heterocycles. The topological polar surface area (TPSA) is 217 Å². The number of aromatic nitrogens is 5. The first-order chi connectivity index (χ1) is 16.0. The minimum Gasteiger partial charge on any atom is -0.463 e. The Bertz CT molecular complexity index is 1140. The van der Waals surface area contributed by atoms with Crippen LogP contribution in [0.4, 0.5) is 5.82 Å². The number of hydrogen-bond donors (Lipinski definition) is 4. The van der Waals surface area contributed by atoms with Crippen LogP contribution in [0, 0.1) is 0 Å². The van der Waals surface area contributed by atoms with Gasteiger partial charge in [-0.1, -0.05) is 5.21 Å². The molecule has 0 spiro atoms. The first-order valence-corrected chi connectivity index (χ1v) is 10.2. The third kappa shape index (κ3) is 5.36. The van der Waals surface area contributed by atoms with E-state index >= 15 is 0 Å². The van der Waals surface area contributed by atoms with Gasteiger partial charge in [0.05, 0.1) is 0 Å². The molecule has 0 bridgehead atoms. The number of carbonyl (C=O) groups excluding carboxylic acids is 3. The Labute approximate surface area is 192 Å². The average molecular weight is 482 g/mol.